The Bertz CT molecular complexity index is 629. The maximum absolute atomic E-state index is 12.4. The molecule has 0 aromatic heterocycles. The normalized spacial score (nSPS) is 15.5. The van der Waals surface area contributed by atoms with Crippen molar-refractivity contribution in [3.05, 3.63) is 29.8 Å². The maximum Gasteiger partial charge on any atom is 0.302 e. The van der Waals surface area contributed by atoms with Crippen LogP contribution in [0.4, 0.5) is 5.69 Å². The molecule has 27 heavy (non-hydrogen) atoms. The standard InChI is InChI=1S/C22H34N2O3/c1-17(25)27-14-6-8-18-7-5-9-20(15-18)23-19-10-12-24(13-11-19)21(26)16-22(2,3)4/h5,7,9,15,19,23H,6,8,10-14,16H2,1-4H3. The lowest BCUT2D eigenvalue weighted by Crippen LogP contribution is -2.43. The van der Waals surface area contributed by atoms with E-state index in [9.17, 15) is 9.59 Å². The number of piperidine rings is 1. The smallest absolute Gasteiger partial charge is 0.302 e. The number of aryl methyl sites for hydroxylation is 1. The first kappa shape index (κ1) is 21.3. The minimum absolute atomic E-state index is 0.0437. The molecule has 5 nitrogen and oxygen atoms in total. The van der Waals surface area contributed by atoms with Gasteiger partial charge in [0.2, 0.25) is 5.91 Å². The van der Waals surface area contributed by atoms with E-state index in [1.54, 1.807) is 0 Å². The van der Waals surface area contributed by atoms with Crippen LogP contribution in [-0.4, -0.2) is 42.5 Å². The zero-order chi connectivity index (χ0) is 19.9. The van der Waals surface area contributed by atoms with Crippen LogP contribution < -0.4 is 5.32 Å². The van der Waals surface area contributed by atoms with Gasteiger partial charge in [0.1, 0.15) is 0 Å². The summed E-state index contributed by atoms with van der Waals surface area (Å²) in [6, 6.07) is 8.83. The number of likely N-dealkylation sites (tertiary alicyclic amines) is 1. The number of esters is 1. The van der Waals surface area contributed by atoms with Gasteiger partial charge in [0.05, 0.1) is 6.61 Å². The number of rotatable bonds is 7. The van der Waals surface area contributed by atoms with Crippen molar-refractivity contribution in [1.82, 2.24) is 4.90 Å². The van der Waals surface area contributed by atoms with Crippen LogP contribution in [0.2, 0.25) is 0 Å². The Morgan fingerprint density at radius 2 is 1.93 bits per heavy atom. The highest BCUT2D eigenvalue weighted by molar-refractivity contribution is 5.77. The van der Waals surface area contributed by atoms with Gasteiger partial charge < -0.3 is 15.0 Å². The van der Waals surface area contributed by atoms with Crippen LogP contribution >= 0.6 is 0 Å². The first-order chi connectivity index (χ1) is 12.7. The molecule has 1 heterocycles. The predicted molar refractivity (Wildman–Crippen MR) is 109 cm³/mol. The first-order valence-corrected chi connectivity index (χ1v) is 9.99. The third-order valence-corrected chi connectivity index (χ3v) is 4.74. The molecule has 1 aliphatic rings. The molecule has 1 N–H and O–H groups in total. The van der Waals surface area contributed by atoms with Crippen molar-refractivity contribution in [3.8, 4) is 0 Å². The van der Waals surface area contributed by atoms with Crippen molar-refractivity contribution in [3.63, 3.8) is 0 Å². The van der Waals surface area contributed by atoms with Crippen molar-refractivity contribution in [2.45, 2.75) is 65.8 Å². The van der Waals surface area contributed by atoms with E-state index in [1.165, 1.54) is 12.5 Å². The van der Waals surface area contributed by atoms with Gasteiger partial charge in [-0.3, -0.25) is 9.59 Å². The number of hydrogen-bond donors (Lipinski definition) is 1. The summed E-state index contributed by atoms with van der Waals surface area (Å²) in [5.74, 6) is 0.0495. The molecule has 0 bridgehead atoms. The molecule has 0 atom stereocenters. The second-order valence-corrected chi connectivity index (χ2v) is 8.68. The number of carbonyl (C=O) groups excluding carboxylic acids is 2. The lowest BCUT2D eigenvalue weighted by atomic mass is 9.91. The molecule has 0 saturated carbocycles. The van der Waals surface area contributed by atoms with E-state index >= 15 is 0 Å². The van der Waals surface area contributed by atoms with Gasteiger partial charge in [0.25, 0.3) is 0 Å². The second-order valence-electron chi connectivity index (χ2n) is 8.68. The molecule has 0 aliphatic carbocycles. The number of hydrogen-bond acceptors (Lipinski definition) is 4. The van der Waals surface area contributed by atoms with E-state index in [0.29, 0.717) is 19.1 Å². The lowest BCUT2D eigenvalue weighted by molar-refractivity contribution is -0.141. The maximum atomic E-state index is 12.4. The van der Waals surface area contributed by atoms with Crippen LogP contribution in [0, 0.1) is 5.41 Å². The van der Waals surface area contributed by atoms with Crippen LogP contribution in [0.5, 0.6) is 0 Å². The number of anilines is 1. The fourth-order valence-corrected chi connectivity index (χ4v) is 3.38. The molecule has 1 amide bonds. The summed E-state index contributed by atoms with van der Waals surface area (Å²) in [4.78, 5) is 25.2. The van der Waals surface area contributed by atoms with Gasteiger partial charge in [0, 0.05) is 38.2 Å². The average molecular weight is 375 g/mol. The first-order valence-electron chi connectivity index (χ1n) is 9.99. The van der Waals surface area contributed by atoms with Crippen molar-refractivity contribution in [1.29, 1.82) is 0 Å². The van der Waals surface area contributed by atoms with Crippen LogP contribution in [0.25, 0.3) is 0 Å². The Kier molecular flexibility index (Phi) is 7.69. The Labute approximate surface area is 163 Å². The largest absolute Gasteiger partial charge is 0.466 e. The van der Waals surface area contributed by atoms with Crippen molar-refractivity contribution >= 4 is 17.6 Å². The fraction of sp³-hybridized carbons (Fsp3) is 0.636. The summed E-state index contributed by atoms with van der Waals surface area (Å²) in [6.07, 6.45) is 4.29. The van der Waals surface area contributed by atoms with Crippen LogP contribution in [0.15, 0.2) is 24.3 Å². The van der Waals surface area contributed by atoms with Crippen molar-refractivity contribution in [2.75, 3.05) is 25.0 Å². The molecule has 0 unspecified atom stereocenters. The lowest BCUT2D eigenvalue weighted by Gasteiger charge is -2.34. The molecule has 1 saturated heterocycles. The minimum atomic E-state index is -0.224. The van der Waals surface area contributed by atoms with Crippen LogP contribution in [0.3, 0.4) is 0 Å². The van der Waals surface area contributed by atoms with Crippen LogP contribution in [-0.2, 0) is 20.7 Å². The summed E-state index contributed by atoms with van der Waals surface area (Å²) in [6.45, 7) is 9.89. The van der Waals surface area contributed by atoms with Crippen molar-refractivity contribution in [2.24, 2.45) is 5.41 Å². The number of ether oxygens (including phenoxy) is 1. The van der Waals surface area contributed by atoms with Gasteiger partial charge >= 0.3 is 5.97 Å². The molecular weight excluding hydrogens is 340 g/mol. The van der Waals surface area contributed by atoms with Gasteiger partial charge in [-0.05, 0) is 48.8 Å². The van der Waals surface area contributed by atoms with Gasteiger partial charge in [-0.1, -0.05) is 32.9 Å². The monoisotopic (exact) mass is 374 g/mol. The Morgan fingerprint density at radius 3 is 2.56 bits per heavy atom. The molecule has 1 aromatic carbocycles. The molecule has 2 rings (SSSR count). The highest BCUT2D eigenvalue weighted by Crippen LogP contribution is 2.23. The highest BCUT2D eigenvalue weighted by atomic mass is 16.5. The minimum Gasteiger partial charge on any atom is -0.466 e. The summed E-state index contributed by atoms with van der Waals surface area (Å²) in [5, 5.41) is 3.61. The van der Waals surface area contributed by atoms with Gasteiger partial charge in [-0.2, -0.15) is 0 Å². The molecular formula is C22H34N2O3. The third-order valence-electron chi connectivity index (χ3n) is 4.74. The topological polar surface area (TPSA) is 58.6 Å². The number of carbonyl (C=O) groups is 2. The number of amides is 1. The van der Waals surface area contributed by atoms with E-state index in [1.807, 2.05) is 4.90 Å². The third kappa shape index (κ3) is 8.02. The number of nitrogens with one attached hydrogen (secondary N) is 1. The summed E-state index contributed by atoms with van der Waals surface area (Å²) < 4.78 is 4.99. The fourth-order valence-electron chi connectivity index (χ4n) is 3.38. The van der Waals surface area contributed by atoms with E-state index in [0.717, 1.165) is 44.5 Å². The molecule has 5 heteroatoms. The second kappa shape index (κ2) is 9.77. The zero-order valence-corrected chi connectivity index (χ0v) is 17.2. The van der Waals surface area contributed by atoms with Crippen LogP contribution in [0.1, 0.15) is 58.9 Å². The predicted octanol–water partition coefficient (Wildman–Crippen LogP) is 4.02. The summed E-state index contributed by atoms with van der Waals surface area (Å²) in [5.41, 5.74) is 2.41. The number of benzene rings is 1. The van der Waals surface area contributed by atoms with Crippen molar-refractivity contribution < 1.29 is 14.3 Å². The Hall–Kier alpha value is -2.04. The molecule has 1 aromatic rings. The quantitative estimate of drug-likeness (QED) is 0.578. The summed E-state index contributed by atoms with van der Waals surface area (Å²) >= 11 is 0. The van der Waals surface area contributed by atoms with E-state index in [4.69, 9.17) is 4.74 Å². The Morgan fingerprint density at radius 1 is 1.22 bits per heavy atom. The van der Waals surface area contributed by atoms with Gasteiger partial charge in [-0.15, -0.1) is 0 Å². The van der Waals surface area contributed by atoms with Gasteiger partial charge in [0.15, 0.2) is 0 Å². The average Bonchev–Trinajstić information content (AvgIpc) is 2.58. The molecule has 0 spiro atoms. The summed E-state index contributed by atoms with van der Waals surface area (Å²) in [7, 11) is 0. The zero-order valence-electron chi connectivity index (χ0n) is 17.2. The Balaban J connectivity index is 1.77. The SMILES string of the molecule is CC(=O)OCCCc1cccc(NC2CCN(C(=O)CC(C)(C)C)CC2)c1. The number of nitrogens with zero attached hydrogens (tertiary/aromatic N) is 1. The van der Waals surface area contributed by atoms with E-state index < -0.39 is 0 Å². The molecule has 0 radical (unpaired) electrons. The molecule has 1 aliphatic heterocycles. The van der Waals surface area contributed by atoms with E-state index in [-0.39, 0.29) is 17.3 Å². The van der Waals surface area contributed by atoms with Gasteiger partial charge in [-0.25, -0.2) is 0 Å². The highest BCUT2D eigenvalue weighted by Gasteiger charge is 2.25. The molecule has 1 fully saturated rings. The van der Waals surface area contributed by atoms with E-state index in [2.05, 4.69) is 50.4 Å². The molecule has 150 valence electrons.